The van der Waals surface area contributed by atoms with Crippen LogP contribution in [0.1, 0.15) is 34.1 Å². The van der Waals surface area contributed by atoms with E-state index in [0.29, 0.717) is 5.92 Å². The molecule has 0 saturated heterocycles. The van der Waals surface area contributed by atoms with Crippen molar-refractivity contribution in [1.82, 2.24) is 0 Å². The molecule has 11 heavy (non-hydrogen) atoms. The molecule has 0 aliphatic carbocycles. The van der Waals surface area contributed by atoms with Crippen LogP contribution in [-0.2, 0) is 0 Å². The van der Waals surface area contributed by atoms with Crippen LogP contribution in [0.4, 0.5) is 0 Å². The zero-order chi connectivity index (χ0) is 8.85. The van der Waals surface area contributed by atoms with E-state index in [1.165, 1.54) is 5.57 Å². The summed E-state index contributed by atoms with van der Waals surface area (Å²) in [5, 5.41) is 0.844. The molecule has 0 radical (unpaired) electrons. The van der Waals surface area contributed by atoms with Crippen molar-refractivity contribution in [2.45, 2.75) is 34.1 Å². The van der Waals surface area contributed by atoms with Crippen LogP contribution in [-0.4, -0.2) is 0 Å². The third-order valence-electron chi connectivity index (χ3n) is 1.68. The zero-order valence-electron chi connectivity index (χ0n) is 7.82. The van der Waals surface area contributed by atoms with Crippen molar-refractivity contribution in [3.05, 3.63) is 22.8 Å². The number of hydrogen-bond acceptors (Lipinski definition) is 0. The monoisotopic (exact) mass is 172 g/mol. The first-order chi connectivity index (χ1) is 5.07. The summed E-state index contributed by atoms with van der Waals surface area (Å²) in [7, 11) is 0. The number of hydrogen-bond donors (Lipinski definition) is 0. The van der Waals surface area contributed by atoms with E-state index in [2.05, 4.69) is 26.8 Å². The van der Waals surface area contributed by atoms with Crippen molar-refractivity contribution >= 4 is 11.6 Å². The van der Waals surface area contributed by atoms with Gasteiger partial charge in [0.25, 0.3) is 0 Å². The SMILES string of the molecule is CC/C(=C\C=C(/C)Cl)C(C)C. The smallest absolute Gasteiger partial charge is 0.0149 e. The van der Waals surface area contributed by atoms with Gasteiger partial charge in [-0.05, 0) is 25.3 Å². The number of rotatable bonds is 3. The van der Waals surface area contributed by atoms with Gasteiger partial charge in [0.15, 0.2) is 0 Å². The first kappa shape index (κ1) is 10.8. The standard InChI is InChI=1S/C10H17Cl/c1-5-10(8(2)3)7-6-9(4)11/h6-8H,5H2,1-4H3/b9-6+,10-7+. The third-order valence-corrected chi connectivity index (χ3v) is 1.80. The van der Waals surface area contributed by atoms with Crippen LogP contribution in [0.3, 0.4) is 0 Å². The van der Waals surface area contributed by atoms with Crippen LogP contribution in [0.5, 0.6) is 0 Å². The van der Waals surface area contributed by atoms with E-state index < -0.39 is 0 Å². The molecule has 0 atom stereocenters. The lowest BCUT2D eigenvalue weighted by Crippen LogP contribution is -1.90. The fourth-order valence-electron chi connectivity index (χ4n) is 0.940. The lowest BCUT2D eigenvalue weighted by Gasteiger charge is -2.06. The van der Waals surface area contributed by atoms with Crippen molar-refractivity contribution in [3.63, 3.8) is 0 Å². The summed E-state index contributed by atoms with van der Waals surface area (Å²) in [5.74, 6) is 0.632. The molecular weight excluding hydrogens is 156 g/mol. The van der Waals surface area contributed by atoms with Crippen molar-refractivity contribution in [3.8, 4) is 0 Å². The van der Waals surface area contributed by atoms with Crippen LogP contribution in [0, 0.1) is 5.92 Å². The highest BCUT2D eigenvalue weighted by Crippen LogP contribution is 2.14. The second-order valence-corrected chi connectivity index (χ2v) is 3.60. The molecule has 0 heterocycles. The lowest BCUT2D eigenvalue weighted by atomic mass is 10.0. The maximum atomic E-state index is 5.70. The Labute approximate surface area is 74.9 Å². The summed E-state index contributed by atoms with van der Waals surface area (Å²) in [6, 6.07) is 0. The molecule has 0 aromatic carbocycles. The molecular formula is C10H17Cl. The minimum absolute atomic E-state index is 0.632. The molecule has 0 saturated carbocycles. The third kappa shape index (κ3) is 5.09. The van der Waals surface area contributed by atoms with E-state index in [1.54, 1.807) is 0 Å². The second kappa shape index (κ2) is 5.42. The first-order valence-electron chi connectivity index (χ1n) is 4.10. The predicted molar refractivity (Wildman–Crippen MR) is 52.8 cm³/mol. The zero-order valence-corrected chi connectivity index (χ0v) is 8.57. The molecule has 0 aliphatic rings. The first-order valence-corrected chi connectivity index (χ1v) is 4.48. The Bertz CT molecular complexity index is 160. The van der Waals surface area contributed by atoms with E-state index in [9.17, 15) is 0 Å². The van der Waals surface area contributed by atoms with Crippen LogP contribution in [0.25, 0.3) is 0 Å². The van der Waals surface area contributed by atoms with Gasteiger partial charge in [0.05, 0.1) is 0 Å². The minimum Gasteiger partial charge on any atom is -0.0895 e. The van der Waals surface area contributed by atoms with E-state index in [-0.39, 0.29) is 0 Å². The molecule has 0 aliphatic heterocycles. The summed E-state index contributed by atoms with van der Waals surface area (Å²) in [4.78, 5) is 0. The topological polar surface area (TPSA) is 0 Å². The highest BCUT2D eigenvalue weighted by atomic mass is 35.5. The lowest BCUT2D eigenvalue weighted by molar-refractivity contribution is 0.732. The molecule has 0 bridgehead atoms. The largest absolute Gasteiger partial charge is 0.0895 e. The van der Waals surface area contributed by atoms with Gasteiger partial charge in [0.1, 0.15) is 0 Å². The Morgan fingerprint density at radius 1 is 1.36 bits per heavy atom. The summed E-state index contributed by atoms with van der Waals surface area (Å²) >= 11 is 5.70. The van der Waals surface area contributed by atoms with Gasteiger partial charge in [-0.25, -0.2) is 0 Å². The van der Waals surface area contributed by atoms with Gasteiger partial charge in [-0.1, -0.05) is 44.0 Å². The minimum atomic E-state index is 0.632. The highest BCUT2D eigenvalue weighted by Gasteiger charge is 1.97. The van der Waals surface area contributed by atoms with Gasteiger partial charge in [0, 0.05) is 5.03 Å². The molecule has 0 aromatic heterocycles. The predicted octanol–water partition coefficient (Wildman–Crippen LogP) is 4.12. The Morgan fingerprint density at radius 3 is 2.18 bits per heavy atom. The van der Waals surface area contributed by atoms with Gasteiger partial charge in [0.2, 0.25) is 0 Å². The summed E-state index contributed by atoms with van der Waals surface area (Å²) in [6.07, 6.45) is 5.19. The molecule has 0 spiro atoms. The van der Waals surface area contributed by atoms with Crippen LogP contribution < -0.4 is 0 Å². The quantitative estimate of drug-likeness (QED) is 0.562. The Kier molecular flexibility index (Phi) is 5.31. The van der Waals surface area contributed by atoms with Gasteiger partial charge >= 0.3 is 0 Å². The van der Waals surface area contributed by atoms with Gasteiger partial charge < -0.3 is 0 Å². The molecule has 0 amide bonds. The molecule has 0 N–H and O–H groups in total. The van der Waals surface area contributed by atoms with Crippen molar-refractivity contribution in [2.24, 2.45) is 5.92 Å². The van der Waals surface area contributed by atoms with Crippen molar-refractivity contribution < 1.29 is 0 Å². The van der Waals surface area contributed by atoms with Gasteiger partial charge in [-0.15, -0.1) is 0 Å². The maximum absolute atomic E-state index is 5.70. The van der Waals surface area contributed by atoms with Crippen LogP contribution >= 0.6 is 11.6 Å². The Hall–Kier alpha value is -0.230. The molecule has 0 nitrogen and oxygen atoms in total. The fourth-order valence-corrected chi connectivity index (χ4v) is 1.00. The summed E-state index contributed by atoms with van der Waals surface area (Å²) in [6.45, 7) is 8.47. The Morgan fingerprint density at radius 2 is 1.91 bits per heavy atom. The maximum Gasteiger partial charge on any atom is 0.0149 e. The molecule has 0 aromatic rings. The van der Waals surface area contributed by atoms with Gasteiger partial charge in [-0.2, -0.15) is 0 Å². The average molecular weight is 173 g/mol. The summed E-state index contributed by atoms with van der Waals surface area (Å²) in [5.41, 5.74) is 1.45. The fraction of sp³-hybridized carbons (Fsp3) is 0.600. The van der Waals surface area contributed by atoms with E-state index in [1.807, 2.05) is 13.0 Å². The van der Waals surface area contributed by atoms with Crippen LogP contribution in [0.2, 0.25) is 0 Å². The molecule has 64 valence electrons. The Balaban J connectivity index is 4.24. The molecule has 0 fully saturated rings. The van der Waals surface area contributed by atoms with E-state index in [4.69, 9.17) is 11.6 Å². The van der Waals surface area contributed by atoms with E-state index >= 15 is 0 Å². The second-order valence-electron chi connectivity index (χ2n) is 3.00. The van der Waals surface area contributed by atoms with Crippen molar-refractivity contribution in [1.29, 1.82) is 0 Å². The average Bonchev–Trinajstić information content (AvgIpc) is 1.87. The molecule has 1 heteroatoms. The molecule has 0 rings (SSSR count). The summed E-state index contributed by atoms with van der Waals surface area (Å²) < 4.78 is 0. The molecule has 0 unspecified atom stereocenters. The number of allylic oxidation sites excluding steroid dienone is 4. The number of halogens is 1. The highest BCUT2D eigenvalue weighted by molar-refractivity contribution is 6.29. The van der Waals surface area contributed by atoms with Crippen molar-refractivity contribution in [2.75, 3.05) is 0 Å². The van der Waals surface area contributed by atoms with Crippen LogP contribution in [0.15, 0.2) is 22.8 Å². The normalized spacial score (nSPS) is 14.4. The van der Waals surface area contributed by atoms with E-state index in [0.717, 1.165) is 11.5 Å². The van der Waals surface area contributed by atoms with Gasteiger partial charge in [-0.3, -0.25) is 0 Å².